The normalized spacial score (nSPS) is 21.1. The van der Waals surface area contributed by atoms with E-state index in [4.69, 9.17) is 27.7 Å². The lowest BCUT2D eigenvalue weighted by Crippen LogP contribution is -2.33. The third kappa shape index (κ3) is 3.19. The molecule has 1 fully saturated rings. The highest BCUT2D eigenvalue weighted by molar-refractivity contribution is 7.80. The number of rotatable bonds is 4. The predicted octanol–water partition coefficient (Wildman–Crippen LogP) is 2.07. The maximum absolute atomic E-state index is 5.92. The number of thiocarbonyl (C=S) groups is 1. The van der Waals surface area contributed by atoms with Gasteiger partial charge in [0.2, 0.25) is 0 Å². The molecule has 1 aromatic heterocycles. The lowest BCUT2D eigenvalue weighted by atomic mass is 10.0. The third-order valence-electron chi connectivity index (χ3n) is 4.44. The molecule has 114 valence electrons. The van der Waals surface area contributed by atoms with Gasteiger partial charge in [0.15, 0.2) is 0 Å². The first kappa shape index (κ1) is 14.7. The topological polar surface area (TPSA) is 51.4 Å². The van der Waals surface area contributed by atoms with Crippen molar-refractivity contribution < 1.29 is 4.74 Å². The molecule has 2 aliphatic rings. The molecule has 21 heavy (non-hydrogen) atoms. The molecule has 2 heterocycles. The van der Waals surface area contributed by atoms with Gasteiger partial charge in [0, 0.05) is 25.9 Å². The maximum Gasteiger partial charge on any atom is 0.138 e. The van der Waals surface area contributed by atoms with E-state index in [1.54, 1.807) is 0 Å². The van der Waals surface area contributed by atoms with Gasteiger partial charge in [0.05, 0.1) is 12.2 Å². The first-order valence-electron chi connectivity index (χ1n) is 7.76. The first-order valence-corrected chi connectivity index (χ1v) is 8.17. The van der Waals surface area contributed by atoms with Gasteiger partial charge >= 0.3 is 0 Å². The van der Waals surface area contributed by atoms with E-state index in [0.29, 0.717) is 10.9 Å². The van der Waals surface area contributed by atoms with Gasteiger partial charge in [-0.15, -0.1) is 0 Å². The second-order valence-electron chi connectivity index (χ2n) is 6.15. The second-order valence-corrected chi connectivity index (χ2v) is 6.59. The molecule has 1 aliphatic carbocycles. The van der Waals surface area contributed by atoms with Crippen molar-refractivity contribution in [1.82, 2.24) is 4.98 Å². The lowest BCUT2D eigenvalue weighted by molar-refractivity contribution is 0.0576. The molecule has 4 nitrogen and oxygen atoms in total. The first-order chi connectivity index (χ1) is 10.1. The summed E-state index contributed by atoms with van der Waals surface area (Å²) >= 11 is 5.23. The van der Waals surface area contributed by atoms with Crippen LogP contribution in [0.2, 0.25) is 0 Å². The van der Waals surface area contributed by atoms with E-state index in [0.717, 1.165) is 50.4 Å². The third-order valence-corrected chi connectivity index (χ3v) is 4.66. The number of aromatic nitrogens is 1. The quantitative estimate of drug-likeness (QED) is 0.863. The Hall–Kier alpha value is -1.20. The van der Waals surface area contributed by atoms with Crippen LogP contribution < -0.4 is 10.6 Å². The SMILES string of the molecule is CN(CC1CCCOC1)c1nc2c(cc1C(N)=S)CCC2. The van der Waals surface area contributed by atoms with E-state index < -0.39 is 0 Å². The van der Waals surface area contributed by atoms with Crippen LogP contribution in [0.1, 0.15) is 36.1 Å². The Morgan fingerprint density at radius 3 is 3.05 bits per heavy atom. The molecule has 0 spiro atoms. The smallest absolute Gasteiger partial charge is 0.138 e. The fourth-order valence-corrected chi connectivity index (χ4v) is 3.51. The molecule has 1 saturated heterocycles. The molecule has 2 N–H and O–H groups in total. The number of hydrogen-bond acceptors (Lipinski definition) is 4. The molecule has 1 atom stereocenters. The molecule has 0 radical (unpaired) electrons. The molecule has 0 aromatic carbocycles. The molecular weight excluding hydrogens is 282 g/mol. The average Bonchev–Trinajstić information content (AvgIpc) is 2.94. The number of nitrogens with zero attached hydrogens (tertiary/aromatic N) is 2. The van der Waals surface area contributed by atoms with Crippen LogP contribution in [0.25, 0.3) is 0 Å². The minimum Gasteiger partial charge on any atom is -0.389 e. The Morgan fingerprint density at radius 2 is 2.33 bits per heavy atom. The van der Waals surface area contributed by atoms with E-state index in [-0.39, 0.29) is 0 Å². The number of anilines is 1. The summed E-state index contributed by atoms with van der Waals surface area (Å²) in [6, 6.07) is 2.15. The molecular formula is C16H23N3OS. The zero-order valence-electron chi connectivity index (χ0n) is 12.6. The van der Waals surface area contributed by atoms with Crippen molar-refractivity contribution in [3.63, 3.8) is 0 Å². The maximum atomic E-state index is 5.92. The standard InChI is InChI=1S/C16H23N3OS/c1-19(9-11-4-3-7-20-10-11)16-13(15(17)21)8-12-5-2-6-14(12)18-16/h8,11H,2-7,9-10H2,1H3,(H2,17,21). The Morgan fingerprint density at radius 1 is 1.48 bits per heavy atom. The van der Waals surface area contributed by atoms with Gasteiger partial charge in [-0.25, -0.2) is 4.98 Å². The number of aryl methyl sites for hydroxylation is 2. The number of hydrogen-bond donors (Lipinski definition) is 1. The molecule has 5 heteroatoms. The van der Waals surface area contributed by atoms with E-state index in [9.17, 15) is 0 Å². The Labute approximate surface area is 131 Å². The van der Waals surface area contributed by atoms with Crippen LogP contribution in [0.5, 0.6) is 0 Å². The highest BCUT2D eigenvalue weighted by Gasteiger charge is 2.22. The van der Waals surface area contributed by atoms with Crippen LogP contribution in [-0.2, 0) is 17.6 Å². The average molecular weight is 305 g/mol. The Kier molecular flexibility index (Phi) is 4.40. The van der Waals surface area contributed by atoms with Gasteiger partial charge in [0.25, 0.3) is 0 Å². The summed E-state index contributed by atoms with van der Waals surface area (Å²) in [7, 11) is 2.08. The van der Waals surface area contributed by atoms with Crippen LogP contribution in [0.15, 0.2) is 6.07 Å². The van der Waals surface area contributed by atoms with Gasteiger partial charge in [-0.2, -0.15) is 0 Å². The predicted molar refractivity (Wildman–Crippen MR) is 89.0 cm³/mol. The van der Waals surface area contributed by atoms with Crippen molar-refractivity contribution in [1.29, 1.82) is 0 Å². The van der Waals surface area contributed by atoms with Gasteiger partial charge in [-0.3, -0.25) is 0 Å². The van der Waals surface area contributed by atoms with Crippen LogP contribution in [-0.4, -0.2) is 36.8 Å². The van der Waals surface area contributed by atoms with Crippen molar-refractivity contribution in [2.75, 3.05) is 31.7 Å². The summed E-state index contributed by atoms with van der Waals surface area (Å²) in [6.07, 6.45) is 5.72. The lowest BCUT2D eigenvalue weighted by Gasteiger charge is -2.29. The van der Waals surface area contributed by atoms with E-state index in [1.807, 2.05) is 0 Å². The number of fused-ring (bicyclic) bond motifs is 1. The van der Waals surface area contributed by atoms with Crippen LogP contribution >= 0.6 is 12.2 Å². The van der Waals surface area contributed by atoms with Crippen molar-refractivity contribution in [2.24, 2.45) is 11.7 Å². The van der Waals surface area contributed by atoms with Gasteiger partial charge in [-0.05, 0) is 49.7 Å². The van der Waals surface area contributed by atoms with Gasteiger partial charge < -0.3 is 15.4 Å². The fraction of sp³-hybridized carbons (Fsp3) is 0.625. The Balaban J connectivity index is 1.83. The largest absolute Gasteiger partial charge is 0.389 e. The minimum absolute atomic E-state index is 0.443. The Bertz CT molecular complexity index is 541. The van der Waals surface area contributed by atoms with Crippen molar-refractivity contribution in [3.8, 4) is 0 Å². The van der Waals surface area contributed by atoms with Crippen LogP contribution in [0.3, 0.4) is 0 Å². The minimum atomic E-state index is 0.443. The molecule has 1 aliphatic heterocycles. The van der Waals surface area contributed by atoms with E-state index in [1.165, 1.54) is 24.1 Å². The van der Waals surface area contributed by atoms with Gasteiger partial charge in [0.1, 0.15) is 10.8 Å². The molecule has 0 bridgehead atoms. The second kappa shape index (κ2) is 6.28. The van der Waals surface area contributed by atoms with E-state index in [2.05, 4.69) is 18.0 Å². The summed E-state index contributed by atoms with van der Waals surface area (Å²) in [6.45, 7) is 2.69. The van der Waals surface area contributed by atoms with E-state index >= 15 is 0 Å². The summed E-state index contributed by atoms with van der Waals surface area (Å²) in [4.78, 5) is 7.50. The zero-order chi connectivity index (χ0) is 14.8. The molecule has 0 saturated carbocycles. The molecule has 3 rings (SSSR count). The summed E-state index contributed by atoms with van der Waals surface area (Å²) in [5.74, 6) is 1.51. The number of pyridine rings is 1. The molecule has 1 aromatic rings. The summed E-state index contributed by atoms with van der Waals surface area (Å²) in [5.41, 5.74) is 9.38. The monoisotopic (exact) mass is 305 g/mol. The highest BCUT2D eigenvalue weighted by Crippen LogP contribution is 2.28. The summed E-state index contributed by atoms with van der Waals surface area (Å²) in [5, 5.41) is 0. The number of ether oxygens (including phenoxy) is 1. The molecule has 1 unspecified atom stereocenters. The van der Waals surface area contributed by atoms with Crippen molar-refractivity contribution in [3.05, 3.63) is 22.9 Å². The summed E-state index contributed by atoms with van der Waals surface area (Å²) < 4.78 is 5.57. The fourth-order valence-electron chi connectivity index (χ4n) is 3.36. The highest BCUT2D eigenvalue weighted by atomic mass is 32.1. The zero-order valence-corrected chi connectivity index (χ0v) is 13.4. The number of nitrogens with two attached hydrogens (primary N) is 1. The van der Waals surface area contributed by atoms with Crippen LogP contribution in [0, 0.1) is 5.92 Å². The van der Waals surface area contributed by atoms with Crippen molar-refractivity contribution >= 4 is 23.0 Å². The van der Waals surface area contributed by atoms with Crippen LogP contribution in [0.4, 0.5) is 5.82 Å². The van der Waals surface area contributed by atoms with Crippen molar-refractivity contribution in [2.45, 2.75) is 32.1 Å². The molecule has 0 amide bonds. The van der Waals surface area contributed by atoms with Gasteiger partial charge in [-0.1, -0.05) is 12.2 Å².